The molecule has 104 valence electrons. The number of halogens is 4. The number of rotatable bonds is 1. The van der Waals surface area contributed by atoms with Crippen molar-refractivity contribution in [1.82, 2.24) is 4.98 Å². The second-order valence-corrected chi connectivity index (χ2v) is 4.14. The molecule has 21 heavy (non-hydrogen) atoms. The van der Waals surface area contributed by atoms with E-state index in [2.05, 4.69) is 4.98 Å². The molecular formula is C14H4F4N2O. The molecule has 3 aromatic rings. The minimum Gasteiger partial charge on any atom is -0.433 e. The summed E-state index contributed by atoms with van der Waals surface area (Å²) in [7, 11) is 0. The van der Waals surface area contributed by atoms with Crippen LogP contribution in [-0.4, -0.2) is 4.98 Å². The van der Waals surface area contributed by atoms with E-state index in [1.165, 1.54) is 24.3 Å². The Bertz CT molecular complexity index is 849. The van der Waals surface area contributed by atoms with E-state index in [-0.39, 0.29) is 5.89 Å². The third kappa shape index (κ3) is 1.92. The molecule has 2 aromatic carbocycles. The predicted molar refractivity (Wildman–Crippen MR) is 64.0 cm³/mol. The van der Waals surface area contributed by atoms with Gasteiger partial charge in [0, 0.05) is 5.56 Å². The van der Waals surface area contributed by atoms with Gasteiger partial charge < -0.3 is 4.42 Å². The summed E-state index contributed by atoms with van der Waals surface area (Å²) in [5, 5.41) is 8.68. The number of fused-ring (bicyclic) bond motifs is 1. The van der Waals surface area contributed by atoms with Gasteiger partial charge in [-0.3, -0.25) is 0 Å². The Kier molecular flexibility index (Phi) is 2.87. The zero-order valence-corrected chi connectivity index (χ0v) is 10.1. The summed E-state index contributed by atoms with van der Waals surface area (Å²) in [4.78, 5) is 3.63. The second kappa shape index (κ2) is 4.59. The Morgan fingerprint density at radius 2 is 1.52 bits per heavy atom. The third-order valence-corrected chi connectivity index (χ3v) is 2.87. The Morgan fingerprint density at radius 3 is 2.14 bits per heavy atom. The smallest absolute Gasteiger partial charge is 0.227 e. The molecule has 0 amide bonds. The van der Waals surface area contributed by atoms with Gasteiger partial charge in [-0.05, 0) is 24.3 Å². The Morgan fingerprint density at radius 1 is 0.905 bits per heavy atom. The SMILES string of the molecule is N#Cc1ccc(-c2nc3c(F)c(F)c(F)c(F)c3o2)cc1. The Labute approximate surface area is 115 Å². The molecule has 7 heteroatoms. The molecule has 0 aliphatic carbocycles. The average molecular weight is 292 g/mol. The summed E-state index contributed by atoms with van der Waals surface area (Å²) in [5.74, 6) is -7.37. The lowest BCUT2D eigenvalue weighted by Crippen LogP contribution is -1.96. The maximum absolute atomic E-state index is 13.5. The summed E-state index contributed by atoms with van der Waals surface area (Å²) in [5.41, 5.74) is -0.856. The lowest BCUT2D eigenvalue weighted by Gasteiger charge is -1.96. The van der Waals surface area contributed by atoms with Gasteiger partial charge in [0.15, 0.2) is 22.7 Å². The van der Waals surface area contributed by atoms with E-state index >= 15 is 0 Å². The predicted octanol–water partition coefficient (Wildman–Crippen LogP) is 3.92. The minimum atomic E-state index is -1.96. The molecule has 3 rings (SSSR count). The van der Waals surface area contributed by atoms with Gasteiger partial charge in [-0.25, -0.2) is 18.2 Å². The third-order valence-electron chi connectivity index (χ3n) is 2.87. The van der Waals surface area contributed by atoms with Crippen LogP contribution in [0.25, 0.3) is 22.6 Å². The van der Waals surface area contributed by atoms with Crippen molar-refractivity contribution in [2.75, 3.05) is 0 Å². The first-order chi connectivity index (χ1) is 10.0. The fraction of sp³-hybridized carbons (Fsp3) is 0. The summed E-state index contributed by atoms with van der Waals surface area (Å²) in [6.07, 6.45) is 0. The van der Waals surface area contributed by atoms with Crippen molar-refractivity contribution in [1.29, 1.82) is 5.26 Å². The number of oxazole rings is 1. The van der Waals surface area contributed by atoms with Crippen LogP contribution in [0.2, 0.25) is 0 Å². The van der Waals surface area contributed by atoms with Crippen LogP contribution in [0, 0.1) is 34.6 Å². The number of nitriles is 1. The molecule has 0 saturated heterocycles. The van der Waals surface area contributed by atoms with Gasteiger partial charge in [0.2, 0.25) is 17.5 Å². The zero-order valence-electron chi connectivity index (χ0n) is 10.1. The first-order valence-corrected chi connectivity index (χ1v) is 5.66. The zero-order chi connectivity index (χ0) is 15.1. The maximum Gasteiger partial charge on any atom is 0.227 e. The van der Waals surface area contributed by atoms with Gasteiger partial charge >= 0.3 is 0 Å². The van der Waals surface area contributed by atoms with Crippen molar-refractivity contribution in [3.63, 3.8) is 0 Å². The van der Waals surface area contributed by atoms with E-state index in [0.29, 0.717) is 11.1 Å². The van der Waals surface area contributed by atoms with Gasteiger partial charge in [0.05, 0.1) is 11.6 Å². The van der Waals surface area contributed by atoms with Crippen LogP contribution in [0.1, 0.15) is 5.56 Å². The van der Waals surface area contributed by atoms with Gasteiger partial charge in [-0.2, -0.15) is 9.65 Å². The number of benzene rings is 2. The lowest BCUT2D eigenvalue weighted by molar-refractivity contribution is 0.411. The highest BCUT2D eigenvalue weighted by molar-refractivity contribution is 5.77. The number of aromatic nitrogens is 1. The summed E-state index contributed by atoms with van der Waals surface area (Å²) in [6.45, 7) is 0. The molecule has 0 aliphatic rings. The van der Waals surface area contributed by atoms with Gasteiger partial charge in [-0.1, -0.05) is 0 Å². The molecule has 0 aliphatic heterocycles. The second-order valence-electron chi connectivity index (χ2n) is 4.14. The van der Waals surface area contributed by atoms with Gasteiger partial charge in [0.25, 0.3) is 0 Å². The normalized spacial score (nSPS) is 10.8. The fourth-order valence-corrected chi connectivity index (χ4v) is 1.82. The van der Waals surface area contributed by atoms with E-state index in [1.54, 1.807) is 0 Å². The lowest BCUT2D eigenvalue weighted by atomic mass is 10.1. The summed E-state index contributed by atoms with van der Waals surface area (Å²) in [6, 6.07) is 7.65. The van der Waals surface area contributed by atoms with Crippen LogP contribution in [0.4, 0.5) is 17.6 Å². The van der Waals surface area contributed by atoms with Crippen molar-refractivity contribution in [2.45, 2.75) is 0 Å². The largest absolute Gasteiger partial charge is 0.433 e. The molecule has 1 heterocycles. The van der Waals surface area contributed by atoms with E-state index in [1.807, 2.05) is 6.07 Å². The number of hydrogen-bond donors (Lipinski definition) is 0. The molecule has 0 N–H and O–H groups in total. The van der Waals surface area contributed by atoms with Crippen LogP contribution >= 0.6 is 0 Å². The molecule has 0 unspecified atom stereocenters. The van der Waals surface area contributed by atoms with Crippen molar-refractivity contribution >= 4 is 11.1 Å². The summed E-state index contributed by atoms with van der Waals surface area (Å²) < 4.78 is 58.3. The first kappa shape index (κ1) is 13.1. The number of hydrogen-bond acceptors (Lipinski definition) is 3. The van der Waals surface area contributed by atoms with Crippen molar-refractivity contribution in [3.05, 3.63) is 53.1 Å². The van der Waals surface area contributed by atoms with Crippen molar-refractivity contribution in [2.24, 2.45) is 0 Å². The van der Waals surface area contributed by atoms with Crippen LogP contribution in [-0.2, 0) is 0 Å². The highest BCUT2D eigenvalue weighted by atomic mass is 19.2. The molecule has 0 saturated carbocycles. The highest BCUT2D eigenvalue weighted by Gasteiger charge is 2.25. The molecular weight excluding hydrogens is 288 g/mol. The van der Waals surface area contributed by atoms with Crippen molar-refractivity contribution in [3.8, 4) is 17.5 Å². The average Bonchev–Trinajstić information content (AvgIpc) is 2.96. The molecule has 0 atom stereocenters. The van der Waals surface area contributed by atoms with Crippen molar-refractivity contribution < 1.29 is 22.0 Å². The summed E-state index contributed by atoms with van der Waals surface area (Å²) >= 11 is 0. The van der Waals surface area contributed by atoms with E-state index in [4.69, 9.17) is 9.68 Å². The Hall–Kier alpha value is -2.88. The molecule has 1 aromatic heterocycles. The van der Waals surface area contributed by atoms with Crippen LogP contribution in [0.5, 0.6) is 0 Å². The minimum absolute atomic E-state index is 0.211. The topological polar surface area (TPSA) is 49.8 Å². The van der Waals surface area contributed by atoms with E-state index < -0.39 is 34.4 Å². The molecule has 0 spiro atoms. The van der Waals surface area contributed by atoms with Crippen LogP contribution in [0.3, 0.4) is 0 Å². The first-order valence-electron chi connectivity index (χ1n) is 5.66. The monoisotopic (exact) mass is 292 g/mol. The highest BCUT2D eigenvalue weighted by Crippen LogP contribution is 2.30. The number of nitrogens with zero attached hydrogens (tertiary/aromatic N) is 2. The van der Waals surface area contributed by atoms with Crippen LogP contribution < -0.4 is 0 Å². The van der Waals surface area contributed by atoms with Gasteiger partial charge in [0.1, 0.15) is 0 Å². The fourth-order valence-electron chi connectivity index (χ4n) is 1.82. The quantitative estimate of drug-likeness (QED) is 0.388. The molecule has 3 nitrogen and oxygen atoms in total. The Balaban J connectivity index is 2.24. The van der Waals surface area contributed by atoms with E-state index in [0.717, 1.165) is 0 Å². The standard InChI is InChI=1S/C14H4F4N2O/c15-8-9(16)11(18)13-12(10(8)17)20-14(21-13)7-3-1-6(5-19)2-4-7/h1-4H. The molecule has 0 bridgehead atoms. The van der Waals surface area contributed by atoms with Gasteiger partial charge in [-0.15, -0.1) is 0 Å². The van der Waals surface area contributed by atoms with E-state index in [9.17, 15) is 17.6 Å². The molecule has 0 fully saturated rings. The van der Waals surface area contributed by atoms with Crippen LogP contribution in [0.15, 0.2) is 28.7 Å². The maximum atomic E-state index is 13.5. The molecule has 0 radical (unpaired) electrons.